The van der Waals surface area contributed by atoms with E-state index in [4.69, 9.17) is 0 Å². The van der Waals surface area contributed by atoms with Crippen molar-refractivity contribution in [3.05, 3.63) is 59.4 Å². The number of carbonyl (C=O) groups is 1. The molecule has 1 aromatic carbocycles. The van der Waals surface area contributed by atoms with Crippen molar-refractivity contribution in [2.24, 2.45) is 0 Å². The first-order valence-electron chi connectivity index (χ1n) is 9.35. The largest absolute Gasteiger partial charge is 0.347 e. The fourth-order valence-electron chi connectivity index (χ4n) is 2.90. The summed E-state index contributed by atoms with van der Waals surface area (Å²) in [5.41, 5.74) is 3.30. The first kappa shape index (κ1) is 19.5. The molecule has 0 saturated heterocycles. The summed E-state index contributed by atoms with van der Waals surface area (Å²) in [5.74, 6) is 1.25. The first-order chi connectivity index (χ1) is 13.4. The Morgan fingerprint density at radius 2 is 2.04 bits per heavy atom. The number of hydrogen-bond donors (Lipinski definition) is 1. The molecule has 1 N–H and O–H groups in total. The molecule has 2 heterocycles. The van der Waals surface area contributed by atoms with E-state index in [0.717, 1.165) is 29.3 Å². The van der Waals surface area contributed by atoms with E-state index in [1.165, 1.54) is 0 Å². The minimum absolute atomic E-state index is 0.137. The van der Waals surface area contributed by atoms with Crippen molar-refractivity contribution >= 4 is 11.9 Å². The summed E-state index contributed by atoms with van der Waals surface area (Å²) in [7, 11) is 3.87. The maximum absolute atomic E-state index is 12.7. The number of anilines is 1. The van der Waals surface area contributed by atoms with Gasteiger partial charge in [-0.3, -0.25) is 9.78 Å². The van der Waals surface area contributed by atoms with E-state index >= 15 is 0 Å². The molecule has 0 saturated carbocycles. The van der Waals surface area contributed by atoms with Crippen LogP contribution >= 0.6 is 0 Å². The van der Waals surface area contributed by atoms with Crippen LogP contribution in [0.5, 0.6) is 0 Å². The highest BCUT2D eigenvalue weighted by atomic mass is 16.1. The lowest BCUT2D eigenvalue weighted by Gasteiger charge is -2.14. The van der Waals surface area contributed by atoms with Gasteiger partial charge in [-0.1, -0.05) is 18.2 Å². The van der Waals surface area contributed by atoms with Gasteiger partial charge in [0.1, 0.15) is 0 Å². The van der Waals surface area contributed by atoms with E-state index in [0.29, 0.717) is 11.4 Å². The molecule has 1 atom stereocenters. The lowest BCUT2D eigenvalue weighted by molar-refractivity contribution is 0.0940. The summed E-state index contributed by atoms with van der Waals surface area (Å²) < 4.78 is 1.84. The summed E-state index contributed by atoms with van der Waals surface area (Å²) in [4.78, 5) is 23.6. The fourth-order valence-corrected chi connectivity index (χ4v) is 2.90. The molecule has 0 bridgehead atoms. The number of carbonyl (C=O) groups excluding carboxylic acids is 1. The van der Waals surface area contributed by atoms with Crippen LogP contribution in [0.1, 0.15) is 41.5 Å². The summed E-state index contributed by atoms with van der Waals surface area (Å²) in [6, 6.07) is 11.2. The number of hydrogen-bond acceptors (Lipinski definition) is 5. The number of amides is 1. The number of aryl methyl sites for hydroxylation is 2. The van der Waals surface area contributed by atoms with Crippen molar-refractivity contribution in [3.63, 3.8) is 0 Å². The highest BCUT2D eigenvalue weighted by Crippen LogP contribution is 2.21. The monoisotopic (exact) mass is 378 g/mol. The Morgan fingerprint density at radius 1 is 1.25 bits per heavy atom. The third-order valence-electron chi connectivity index (χ3n) is 4.52. The van der Waals surface area contributed by atoms with Crippen LogP contribution in [0, 0.1) is 6.92 Å². The van der Waals surface area contributed by atoms with E-state index in [-0.39, 0.29) is 11.9 Å². The molecule has 1 unspecified atom stereocenters. The van der Waals surface area contributed by atoms with Crippen LogP contribution in [0.3, 0.4) is 0 Å². The number of benzene rings is 1. The van der Waals surface area contributed by atoms with Gasteiger partial charge in [0, 0.05) is 43.7 Å². The van der Waals surface area contributed by atoms with Crippen molar-refractivity contribution < 1.29 is 4.79 Å². The Hall–Kier alpha value is -3.22. The van der Waals surface area contributed by atoms with Crippen molar-refractivity contribution in [2.45, 2.75) is 33.4 Å². The van der Waals surface area contributed by atoms with Crippen LogP contribution in [-0.2, 0) is 6.54 Å². The molecule has 0 aliphatic heterocycles. The number of nitrogens with one attached hydrogen (secondary N) is 1. The van der Waals surface area contributed by atoms with Gasteiger partial charge in [0.25, 0.3) is 5.91 Å². The molecule has 2 aromatic heterocycles. The second-order valence-corrected chi connectivity index (χ2v) is 6.95. The fraction of sp³-hybridized carbons (Fsp3) is 0.333. The molecule has 7 nitrogen and oxygen atoms in total. The van der Waals surface area contributed by atoms with Gasteiger partial charge in [0.15, 0.2) is 5.82 Å². The first-order valence-corrected chi connectivity index (χ1v) is 9.35. The smallest absolute Gasteiger partial charge is 0.251 e. The van der Waals surface area contributed by atoms with Gasteiger partial charge in [-0.25, -0.2) is 4.68 Å². The van der Waals surface area contributed by atoms with Crippen LogP contribution in [-0.4, -0.2) is 39.8 Å². The Labute approximate surface area is 165 Å². The molecule has 0 aliphatic carbocycles. The lowest BCUT2D eigenvalue weighted by Crippen LogP contribution is -2.26. The van der Waals surface area contributed by atoms with E-state index in [9.17, 15) is 4.79 Å². The zero-order valence-electron chi connectivity index (χ0n) is 17.0. The van der Waals surface area contributed by atoms with Crippen molar-refractivity contribution in [1.82, 2.24) is 25.1 Å². The Bertz CT molecular complexity index is 961. The van der Waals surface area contributed by atoms with Gasteiger partial charge in [-0.2, -0.15) is 4.98 Å². The molecule has 3 aromatic rings. The standard InChI is InChI=1S/C21H26N6O/c1-6-27-21(26(4)5)24-19(25-27)16-8-7-9-17(12-16)20(28)23-15(3)18-11-10-14(2)22-13-18/h7-13,15H,6H2,1-5H3,(H,23,28). The predicted molar refractivity (Wildman–Crippen MR) is 110 cm³/mol. The molecule has 1 amide bonds. The van der Waals surface area contributed by atoms with Crippen molar-refractivity contribution in [3.8, 4) is 11.4 Å². The molecule has 0 radical (unpaired) electrons. The van der Waals surface area contributed by atoms with Gasteiger partial charge >= 0.3 is 0 Å². The maximum atomic E-state index is 12.7. The molecule has 0 spiro atoms. The van der Waals surface area contributed by atoms with E-state index in [1.807, 2.05) is 74.8 Å². The van der Waals surface area contributed by atoms with Gasteiger partial charge < -0.3 is 10.2 Å². The zero-order valence-corrected chi connectivity index (χ0v) is 17.0. The minimum Gasteiger partial charge on any atom is -0.347 e. The molecule has 28 heavy (non-hydrogen) atoms. The number of aromatic nitrogens is 4. The molecule has 0 aliphatic rings. The van der Waals surface area contributed by atoms with Gasteiger partial charge in [-0.15, -0.1) is 5.10 Å². The second kappa shape index (κ2) is 8.21. The average molecular weight is 378 g/mol. The van der Waals surface area contributed by atoms with Gasteiger partial charge in [0.2, 0.25) is 5.95 Å². The lowest BCUT2D eigenvalue weighted by atomic mass is 10.1. The van der Waals surface area contributed by atoms with Crippen LogP contribution < -0.4 is 10.2 Å². The van der Waals surface area contributed by atoms with Crippen LogP contribution in [0.15, 0.2) is 42.6 Å². The third-order valence-corrected chi connectivity index (χ3v) is 4.52. The highest BCUT2D eigenvalue weighted by molar-refractivity contribution is 5.95. The average Bonchev–Trinajstić information content (AvgIpc) is 3.13. The van der Waals surface area contributed by atoms with Crippen molar-refractivity contribution in [2.75, 3.05) is 19.0 Å². The van der Waals surface area contributed by atoms with E-state index in [1.54, 1.807) is 12.3 Å². The predicted octanol–water partition coefficient (Wildman–Crippen LogP) is 3.23. The van der Waals surface area contributed by atoms with Crippen LogP contribution in [0.2, 0.25) is 0 Å². The third kappa shape index (κ3) is 4.19. The van der Waals surface area contributed by atoms with E-state index in [2.05, 4.69) is 20.4 Å². The number of pyridine rings is 1. The summed E-state index contributed by atoms with van der Waals surface area (Å²) >= 11 is 0. The normalized spacial score (nSPS) is 11.9. The second-order valence-electron chi connectivity index (χ2n) is 6.95. The topological polar surface area (TPSA) is 75.9 Å². The Balaban J connectivity index is 1.81. The molecular formula is C21H26N6O. The summed E-state index contributed by atoms with van der Waals surface area (Å²) in [6.07, 6.45) is 1.79. The molecular weight excluding hydrogens is 352 g/mol. The summed E-state index contributed by atoms with van der Waals surface area (Å²) in [5, 5.41) is 7.58. The van der Waals surface area contributed by atoms with Crippen LogP contribution in [0.4, 0.5) is 5.95 Å². The van der Waals surface area contributed by atoms with Gasteiger partial charge in [0.05, 0.1) is 6.04 Å². The number of nitrogens with zero attached hydrogens (tertiary/aromatic N) is 5. The Kier molecular flexibility index (Phi) is 5.73. The molecule has 3 rings (SSSR count). The number of rotatable bonds is 6. The van der Waals surface area contributed by atoms with Crippen molar-refractivity contribution in [1.29, 1.82) is 0 Å². The van der Waals surface area contributed by atoms with Crippen LogP contribution in [0.25, 0.3) is 11.4 Å². The minimum atomic E-state index is -0.141. The summed E-state index contributed by atoms with van der Waals surface area (Å²) in [6.45, 7) is 6.63. The quantitative estimate of drug-likeness (QED) is 0.713. The highest BCUT2D eigenvalue weighted by Gasteiger charge is 2.15. The Morgan fingerprint density at radius 3 is 2.64 bits per heavy atom. The van der Waals surface area contributed by atoms with Gasteiger partial charge in [-0.05, 0) is 44.5 Å². The molecule has 7 heteroatoms. The maximum Gasteiger partial charge on any atom is 0.251 e. The zero-order chi connectivity index (χ0) is 20.3. The molecule has 0 fully saturated rings. The van der Waals surface area contributed by atoms with E-state index < -0.39 is 0 Å². The molecule has 146 valence electrons. The SMILES string of the molecule is CCn1nc(-c2cccc(C(=O)NC(C)c3ccc(C)nc3)c2)nc1N(C)C.